The van der Waals surface area contributed by atoms with E-state index in [1.165, 1.54) is 32.1 Å². The summed E-state index contributed by atoms with van der Waals surface area (Å²) >= 11 is 0. The summed E-state index contributed by atoms with van der Waals surface area (Å²) in [5.74, 6) is -2.04. The van der Waals surface area contributed by atoms with Crippen LogP contribution in [-0.4, -0.2) is 22.2 Å². The molecule has 22 heavy (non-hydrogen) atoms. The van der Waals surface area contributed by atoms with Crippen molar-refractivity contribution in [2.24, 2.45) is 5.92 Å². The van der Waals surface area contributed by atoms with Gasteiger partial charge in [0.25, 0.3) is 0 Å². The maximum absolute atomic E-state index is 11.3. The molecule has 0 aliphatic carbocycles. The van der Waals surface area contributed by atoms with Gasteiger partial charge in [0.05, 0.1) is 0 Å². The number of unbranched alkanes of at least 4 members (excludes halogenated alkanes) is 7. The van der Waals surface area contributed by atoms with Gasteiger partial charge in [0.1, 0.15) is 0 Å². The molecular weight excluding hydrogens is 280 g/mol. The molecule has 0 aromatic heterocycles. The number of carboxylic acid groups (broad SMARTS) is 2. The number of carboxylic acids is 2. The van der Waals surface area contributed by atoms with Crippen molar-refractivity contribution in [3.05, 3.63) is 11.1 Å². The van der Waals surface area contributed by atoms with Crippen LogP contribution in [0.3, 0.4) is 0 Å². The molecule has 0 aliphatic rings. The average Bonchev–Trinajstić information content (AvgIpc) is 2.43. The molecule has 0 spiro atoms. The molecule has 0 saturated heterocycles. The zero-order valence-corrected chi connectivity index (χ0v) is 14.4. The van der Waals surface area contributed by atoms with Gasteiger partial charge in [0.2, 0.25) is 0 Å². The van der Waals surface area contributed by atoms with Crippen molar-refractivity contribution in [3.63, 3.8) is 0 Å². The Morgan fingerprint density at radius 1 is 0.773 bits per heavy atom. The van der Waals surface area contributed by atoms with Gasteiger partial charge in [-0.25, -0.2) is 9.59 Å². The second-order valence-electron chi connectivity index (χ2n) is 6.39. The van der Waals surface area contributed by atoms with Gasteiger partial charge < -0.3 is 10.2 Å². The first-order valence-electron chi connectivity index (χ1n) is 8.58. The van der Waals surface area contributed by atoms with Crippen molar-refractivity contribution in [1.29, 1.82) is 0 Å². The molecule has 0 aliphatic heterocycles. The SMILES string of the molecule is CCCCCCCCCCC(C(=O)O)=C(CC(C)C)C(=O)O. The van der Waals surface area contributed by atoms with E-state index in [0.29, 0.717) is 12.8 Å². The van der Waals surface area contributed by atoms with Gasteiger partial charge in [0.15, 0.2) is 0 Å². The van der Waals surface area contributed by atoms with Crippen LogP contribution in [0.25, 0.3) is 0 Å². The Kier molecular flexibility index (Phi) is 11.5. The zero-order chi connectivity index (χ0) is 17.0. The highest BCUT2D eigenvalue weighted by molar-refractivity contribution is 5.98. The van der Waals surface area contributed by atoms with Gasteiger partial charge in [-0.1, -0.05) is 65.7 Å². The third-order valence-corrected chi connectivity index (χ3v) is 3.77. The predicted octanol–water partition coefficient (Wildman–Crippen LogP) is 5.03. The van der Waals surface area contributed by atoms with Crippen LogP contribution in [0.1, 0.15) is 85.0 Å². The normalized spacial score (nSPS) is 12.4. The smallest absolute Gasteiger partial charge is 0.332 e. The topological polar surface area (TPSA) is 74.6 Å². The van der Waals surface area contributed by atoms with Crippen LogP contribution in [0.5, 0.6) is 0 Å². The Morgan fingerprint density at radius 2 is 1.23 bits per heavy atom. The Labute approximate surface area is 134 Å². The lowest BCUT2D eigenvalue weighted by molar-refractivity contribution is -0.136. The zero-order valence-electron chi connectivity index (χ0n) is 14.4. The minimum atomic E-state index is -1.09. The summed E-state index contributed by atoms with van der Waals surface area (Å²) in [6, 6.07) is 0. The second kappa shape index (κ2) is 12.2. The van der Waals surface area contributed by atoms with Gasteiger partial charge in [-0.15, -0.1) is 0 Å². The summed E-state index contributed by atoms with van der Waals surface area (Å²) in [7, 11) is 0. The van der Waals surface area contributed by atoms with E-state index in [0.717, 1.165) is 19.3 Å². The van der Waals surface area contributed by atoms with Gasteiger partial charge in [0, 0.05) is 11.1 Å². The molecule has 0 rings (SSSR count). The standard InChI is InChI=1S/C18H32O4/c1-4-5-6-7-8-9-10-11-12-15(17(19)20)16(18(21)22)13-14(2)3/h14H,4-13H2,1-3H3,(H,19,20)(H,21,22). The molecule has 0 unspecified atom stereocenters. The number of hydrogen-bond donors (Lipinski definition) is 2. The summed E-state index contributed by atoms with van der Waals surface area (Å²) in [4.78, 5) is 22.6. The maximum atomic E-state index is 11.3. The van der Waals surface area contributed by atoms with Gasteiger partial charge in [-0.05, 0) is 25.2 Å². The molecule has 0 aromatic rings. The van der Waals surface area contributed by atoms with E-state index in [-0.39, 0.29) is 17.1 Å². The molecule has 0 heterocycles. The van der Waals surface area contributed by atoms with E-state index in [9.17, 15) is 19.8 Å². The fraction of sp³-hybridized carbons (Fsp3) is 0.778. The Bertz CT molecular complexity index is 369. The highest BCUT2D eigenvalue weighted by Crippen LogP contribution is 2.21. The van der Waals surface area contributed by atoms with E-state index < -0.39 is 11.9 Å². The Morgan fingerprint density at radius 3 is 1.64 bits per heavy atom. The van der Waals surface area contributed by atoms with Crippen molar-refractivity contribution in [3.8, 4) is 0 Å². The first-order valence-corrected chi connectivity index (χ1v) is 8.58. The van der Waals surface area contributed by atoms with Crippen LogP contribution in [0, 0.1) is 5.92 Å². The van der Waals surface area contributed by atoms with Crippen LogP contribution >= 0.6 is 0 Å². The molecule has 0 radical (unpaired) electrons. The third kappa shape index (κ3) is 9.59. The Hall–Kier alpha value is -1.32. The molecule has 4 heteroatoms. The minimum absolute atomic E-state index is 0.0745. The van der Waals surface area contributed by atoms with Crippen molar-refractivity contribution >= 4 is 11.9 Å². The average molecular weight is 312 g/mol. The van der Waals surface area contributed by atoms with Gasteiger partial charge in [-0.3, -0.25) is 0 Å². The Balaban J connectivity index is 4.34. The summed E-state index contributed by atoms with van der Waals surface area (Å²) in [6.45, 7) is 5.99. The lowest BCUT2D eigenvalue weighted by Gasteiger charge is -2.11. The van der Waals surface area contributed by atoms with Crippen LogP contribution in [-0.2, 0) is 9.59 Å². The lowest BCUT2D eigenvalue weighted by Crippen LogP contribution is -2.13. The molecule has 0 bridgehead atoms. The van der Waals surface area contributed by atoms with E-state index in [1.807, 2.05) is 13.8 Å². The number of aliphatic carboxylic acids is 2. The largest absolute Gasteiger partial charge is 0.478 e. The molecule has 0 amide bonds. The summed E-state index contributed by atoms with van der Waals surface area (Å²) in [5, 5.41) is 18.5. The van der Waals surface area contributed by atoms with E-state index in [1.54, 1.807) is 0 Å². The van der Waals surface area contributed by atoms with Crippen LogP contribution < -0.4 is 0 Å². The molecule has 0 aromatic carbocycles. The molecule has 0 fully saturated rings. The minimum Gasteiger partial charge on any atom is -0.478 e. The van der Waals surface area contributed by atoms with Gasteiger partial charge >= 0.3 is 11.9 Å². The summed E-state index contributed by atoms with van der Waals surface area (Å²) < 4.78 is 0. The molecule has 0 saturated carbocycles. The highest BCUT2D eigenvalue weighted by atomic mass is 16.4. The van der Waals surface area contributed by atoms with Crippen molar-refractivity contribution in [2.75, 3.05) is 0 Å². The maximum Gasteiger partial charge on any atom is 0.332 e. The second-order valence-corrected chi connectivity index (χ2v) is 6.39. The fourth-order valence-electron chi connectivity index (χ4n) is 2.57. The monoisotopic (exact) mass is 312 g/mol. The van der Waals surface area contributed by atoms with Crippen molar-refractivity contribution in [2.45, 2.75) is 85.0 Å². The quantitative estimate of drug-likeness (QED) is 0.369. The molecule has 0 atom stereocenters. The van der Waals surface area contributed by atoms with Gasteiger partial charge in [-0.2, -0.15) is 0 Å². The van der Waals surface area contributed by atoms with Crippen molar-refractivity contribution in [1.82, 2.24) is 0 Å². The molecule has 2 N–H and O–H groups in total. The lowest BCUT2D eigenvalue weighted by atomic mass is 9.94. The molecule has 128 valence electrons. The summed E-state index contributed by atoms with van der Waals surface area (Å²) in [5.41, 5.74) is 0.164. The van der Waals surface area contributed by atoms with E-state index >= 15 is 0 Å². The fourth-order valence-corrected chi connectivity index (χ4v) is 2.57. The van der Waals surface area contributed by atoms with E-state index in [4.69, 9.17) is 0 Å². The number of hydrogen-bond acceptors (Lipinski definition) is 2. The third-order valence-electron chi connectivity index (χ3n) is 3.77. The predicted molar refractivity (Wildman–Crippen MR) is 89.0 cm³/mol. The number of carbonyl (C=O) groups is 2. The van der Waals surface area contributed by atoms with Crippen LogP contribution in [0.2, 0.25) is 0 Å². The summed E-state index contributed by atoms with van der Waals surface area (Å²) in [6.07, 6.45) is 9.71. The van der Waals surface area contributed by atoms with E-state index in [2.05, 4.69) is 6.92 Å². The van der Waals surface area contributed by atoms with Crippen LogP contribution in [0.4, 0.5) is 0 Å². The first-order chi connectivity index (χ1) is 10.4. The highest BCUT2D eigenvalue weighted by Gasteiger charge is 2.20. The number of rotatable bonds is 13. The van der Waals surface area contributed by atoms with Crippen LogP contribution in [0.15, 0.2) is 11.1 Å². The first kappa shape index (κ1) is 20.7. The molecule has 4 nitrogen and oxygen atoms in total. The molecular formula is C18H32O4. The van der Waals surface area contributed by atoms with Crippen molar-refractivity contribution < 1.29 is 19.8 Å².